The number of likely N-dealkylation sites (N-methyl/N-ethyl adjacent to an activating group) is 1. The number of ether oxygens (including phenoxy) is 1. The summed E-state index contributed by atoms with van der Waals surface area (Å²) in [4.78, 5) is 27.9. The van der Waals surface area contributed by atoms with Gasteiger partial charge in [-0.2, -0.15) is 0 Å². The molecule has 2 rings (SSSR count). The number of hydrogen-bond donors (Lipinski definition) is 1. The smallest absolute Gasteiger partial charge is 0.329 e. The first-order chi connectivity index (χ1) is 8.13. The first-order valence-corrected chi connectivity index (χ1v) is 4.94. The highest BCUT2D eigenvalue weighted by atomic mass is 16.5. The largest absolute Gasteiger partial charge is 0.494 e. The van der Waals surface area contributed by atoms with E-state index in [0.29, 0.717) is 11.4 Å². The van der Waals surface area contributed by atoms with Crippen LogP contribution in [0.2, 0.25) is 0 Å². The zero-order valence-electron chi connectivity index (χ0n) is 9.43. The van der Waals surface area contributed by atoms with E-state index in [0.717, 1.165) is 4.90 Å². The van der Waals surface area contributed by atoms with Gasteiger partial charge in [0.05, 0.1) is 7.11 Å². The van der Waals surface area contributed by atoms with Gasteiger partial charge in [0.2, 0.25) is 5.84 Å². The minimum atomic E-state index is -0.483. The van der Waals surface area contributed by atoms with E-state index in [2.05, 4.69) is 10.3 Å². The molecule has 0 aliphatic carbocycles. The fourth-order valence-electron chi connectivity index (χ4n) is 1.41. The highest BCUT2D eigenvalue weighted by Crippen LogP contribution is 2.26. The Hall–Kier alpha value is -2.37. The molecule has 0 atom stereocenters. The molecule has 0 saturated carbocycles. The Kier molecular flexibility index (Phi) is 2.78. The summed E-state index contributed by atoms with van der Waals surface area (Å²) in [5.74, 6) is 0.0829. The average Bonchev–Trinajstić information content (AvgIpc) is 2.58. The van der Waals surface area contributed by atoms with E-state index >= 15 is 0 Å². The van der Waals surface area contributed by atoms with Crippen molar-refractivity contribution in [2.45, 2.75) is 0 Å². The monoisotopic (exact) mass is 233 g/mol. The van der Waals surface area contributed by atoms with Crippen molar-refractivity contribution in [1.29, 1.82) is 0 Å². The molecule has 1 saturated heterocycles. The van der Waals surface area contributed by atoms with Crippen molar-refractivity contribution >= 4 is 23.5 Å². The minimum Gasteiger partial charge on any atom is -0.494 e. The standard InChI is InChI=1S/C11H11N3O3/c1-14-10(15)9(13-11(14)16)12-7-5-3-4-6-8(7)17-2/h3-6H,1-2H3,(H,12,13,16). The Morgan fingerprint density at radius 3 is 2.59 bits per heavy atom. The van der Waals surface area contributed by atoms with E-state index < -0.39 is 11.9 Å². The topological polar surface area (TPSA) is 71.0 Å². The molecule has 6 nitrogen and oxygen atoms in total. The second-order valence-corrected chi connectivity index (χ2v) is 3.43. The maximum absolute atomic E-state index is 11.6. The summed E-state index contributed by atoms with van der Waals surface area (Å²) in [6.45, 7) is 0. The number of hydrogen-bond acceptors (Lipinski definition) is 4. The molecular formula is C11H11N3O3. The third-order valence-electron chi connectivity index (χ3n) is 2.35. The zero-order valence-corrected chi connectivity index (χ0v) is 9.43. The van der Waals surface area contributed by atoms with Gasteiger partial charge in [0.1, 0.15) is 11.4 Å². The SMILES string of the molecule is COc1ccccc1N=C1NC(=O)N(C)C1=O. The van der Waals surface area contributed by atoms with Gasteiger partial charge in [0, 0.05) is 7.05 Å². The predicted molar refractivity (Wildman–Crippen MR) is 61.4 cm³/mol. The maximum atomic E-state index is 11.6. The Morgan fingerprint density at radius 2 is 2.00 bits per heavy atom. The first kappa shape index (κ1) is 11.1. The number of methoxy groups -OCH3 is 1. The van der Waals surface area contributed by atoms with Crippen LogP contribution in [-0.2, 0) is 4.79 Å². The highest BCUT2D eigenvalue weighted by molar-refractivity contribution is 6.47. The van der Waals surface area contributed by atoms with E-state index in [1.165, 1.54) is 14.2 Å². The molecule has 6 heteroatoms. The Bertz CT molecular complexity index is 510. The summed E-state index contributed by atoms with van der Waals surface area (Å²) in [6, 6.07) is 6.51. The van der Waals surface area contributed by atoms with Crippen LogP contribution >= 0.6 is 0 Å². The number of carbonyl (C=O) groups is 2. The fourth-order valence-corrected chi connectivity index (χ4v) is 1.41. The molecule has 1 fully saturated rings. The van der Waals surface area contributed by atoms with Crippen LogP contribution in [0.25, 0.3) is 0 Å². The summed E-state index contributed by atoms with van der Waals surface area (Å²) in [7, 11) is 2.91. The van der Waals surface area contributed by atoms with Crippen molar-refractivity contribution in [3.63, 3.8) is 0 Å². The molecule has 1 aromatic rings. The van der Waals surface area contributed by atoms with Crippen molar-refractivity contribution in [3.8, 4) is 5.75 Å². The molecule has 1 aromatic carbocycles. The van der Waals surface area contributed by atoms with Crippen LogP contribution < -0.4 is 10.1 Å². The molecule has 0 aromatic heterocycles. The van der Waals surface area contributed by atoms with Crippen molar-refractivity contribution < 1.29 is 14.3 Å². The second kappa shape index (κ2) is 4.25. The molecule has 1 heterocycles. The number of para-hydroxylation sites is 2. The van der Waals surface area contributed by atoms with Crippen molar-refractivity contribution in [1.82, 2.24) is 10.2 Å². The van der Waals surface area contributed by atoms with Crippen LogP contribution in [0.3, 0.4) is 0 Å². The van der Waals surface area contributed by atoms with E-state index in [4.69, 9.17) is 4.74 Å². The van der Waals surface area contributed by atoms with E-state index in [1.807, 2.05) is 0 Å². The lowest BCUT2D eigenvalue weighted by Gasteiger charge is -2.03. The number of amidine groups is 1. The lowest BCUT2D eigenvalue weighted by atomic mass is 10.3. The van der Waals surface area contributed by atoms with Gasteiger partial charge in [-0.3, -0.25) is 15.0 Å². The molecule has 0 unspecified atom stereocenters. The van der Waals surface area contributed by atoms with Crippen LogP contribution in [0.15, 0.2) is 29.3 Å². The van der Waals surface area contributed by atoms with Gasteiger partial charge in [0.15, 0.2) is 0 Å². The first-order valence-electron chi connectivity index (χ1n) is 4.94. The number of carbonyl (C=O) groups excluding carboxylic acids is 2. The number of rotatable bonds is 2. The summed E-state index contributed by atoms with van der Waals surface area (Å²) in [6.07, 6.45) is 0. The maximum Gasteiger partial charge on any atom is 0.329 e. The van der Waals surface area contributed by atoms with Crippen LogP contribution in [0.5, 0.6) is 5.75 Å². The van der Waals surface area contributed by atoms with Crippen LogP contribution in [-0.4, -0.2) is 36.8 Å². The molecule has 3 amide bonds. The van der Waals surface area contributed by atoms with Gasteiger partial charge < -0.3 is 4.74 Å². The number of nitrogens with zero attached hydrogens (tertiary/aromatic N) is 2. The van der Waals surface area contributed by atoms with Crippen molar-refractivity contribution in [2.75, 3.05) is 14.2 Å². The summed E-state index contributed by atoms with van der Waals surface area (Å²) in [5, 5.41) is 2.39. The molecule has 1 aliphatic heterocycles. The number of imide groups is 1. The van der Waals surface area contributed by atoms with Gasteiger partial charge in [-0.25, -0.2) is 9.79 Å². The second-order valence-electron chi connectivity index (χ2n) is 3.43. The highest BCUT2D eigenvalue weighted by Gasteiger charge is 2.31. The molecule has 1 N–H and O–H groups in total. The number of aliphatic imine (C=N–C) groups is 1. The summed E-state index contributed by atoms with van der Waals surface area (Å²) in [5.41, 5.74) is 0.494. The number of nitrogens with one attached hydrogen (secondary N) is 1. The molecular weight excluding hydrogens is 222 g/mol. The molecule has 0 bridgehead atoms. The van der Waals surface area contributed by atoms with Crippen LogP contribution in [0.4, 0.5) is 10.5 Å². The van der Waals surface area contributed by atoms with E-state index in [-0.39, 0.29) is 5.84 Å². The third-order valence-corrected chi connectivity index (χ3v) is 2.35. The number of urea groups is 1. The van der Waals surface area contributed by atoms with Crippen molar-refractivity contribution in [2.24, 2.45) is 4.99 Å². The van der Waals surface area contributed by atoms with Crippen LogP contribution in [0, 0.1) is 0 Å². The predicted octanol–water partition coefficient (Wildman–Crippen LogP) is 0.907. The fraction of sp³-hybridized carbons (Fsp3) is 0.182. The molecule has 1 aliphatic rings. The van der Waals surface area contributed by atoms with Gasteiger partial charge >= 0.3 is 6.03 Å². The third kappa shape index (κ3) is 1.96. The Balaban J connectivity index is 2.37. The quantitative estimate of drug-likeness (QED) is 0.772. The van der Waals surface area contributed by atoms with Crippen molar-refractivity contribution in [3.05, 3.63) is 24.3 Å². The van der Waals surface area contributed by atoms with Gasteiger partial charge in [-0.05, 0) is 12.1 Å². The molecule has 88 valence electrons. The molecule has 0 spiro atoms. The van der Waals surface area contributed by atoms with E-state index in [1.54, 1.807) is 24.3 Å². The zero-order chi connectivity index (χ0) is 12.4. The Morgan fingerprint density at radius 1 is 1.29 bits per heavy atom. The lowest BCUT2D eigenvalue weighted by molar-refractivity contribution is -0.119. The molecule has 17 heavy (non-hydrogen) atoms. The van der Waals surface area contributed by atoms with E-state index in [9.17, 15) is 9.59 Å². The summed E-state index contributed by atoms with van der Waals surface area (Å²) < 4.78 is 5.10. The van der Waals surface area contributed by atoms with Gasteiger partial charge in [-0.15, -0.1) is 0 Å². The lowest BCUT2D eigenvalue weighted by Crippen LogP contribution is -2.25. The van der Waals surface area contributed by atoms with Gasteiger partial charge in [0.25, 0.3) is 5.91 Å². The minimum absolute atomic E-state index is 0.00185. The number of amides is 3. The Labute approximate surface area is 97.9 Å². The van der Waals surface area contributed by atoms with Gasteiger partial charge in [-0.1, -0.05) is 12.1 Å². The normalized spacial score (nSPS) is 17.5. The number of benzene rings is 1. The average molecular weight is 233 g/mol. The molecule has 0 radical (unpaired) electrons. The summed E-state index contributed by atoms with van der Waals surface area (Å²) >= 11 is 0. The van der Waals surface area contributed by atoms with Crippen LogP contribution in [0.1, 0.15) is 0 Å².